The molecule has 0 aliphatic carbocycles. The van der Waals surface area contributed by atoms with Crippen molar-refractivity contribution in [2.24, 2.45) is 0 Å². The van der Waals surface area contributed by atoms with Gasteiger partial charge in [0.25, 0.3) is 15.9 Å². The lowest BCUT2D eigenvalue weighted by Gasteiger charge is -2.05. The Labute approximate surface area is 152 Å². The zero-order valence-corrected chi connectivity index (χ0v) is 14.6. The molecule has 0 unspecified atom stereocenters. The van der Waals surface area contributed by atoms with E-state index in [1.807, 2.05) is 10.8 Å². The number of hydrogen-bond donors (Lipinski definition) is 1. The number of amides is 1. The Kier molecular flexibility index (Phi) is 4.39. The molecule has 3 rings (SSSR count). The van der Waals surface area contributed by atoms with E-state index >= 15 is 0 Å². The molecular formula is C15H8Cl2N4O3S. The normalized spacial score (nSPS) is 11.2. The van der Waals surface area contributed by atoms with Crippen molar-refractivity contribution in [3.63, 3.8) is 0 Å². The third kappa shape index (κ3) is 3.44. The maximum absolute atomic E-state index is 12.3. The number of hydrogen-bond acceptors (Lipinski definition) is 5. The SMILES string of the molecule is N#Cc1cccc(S(=O)(=O)NC(=O)c2cn3cc(Cl)cc(Cl)c3n2)c1. The molecule has 0 saturated carbocycles. The van der Waals surface area contributed by atoms with Crippen molar-refractivity contribution < 1.29 is 13.2 Å². The molecule has 7 nitrogen and oxygen atoms in total. The predicted molar refractivity (Wildman–Crippen MR) is 91.0 cm³/mol. The average Bonchev–Trinajstić information content (AvgIpc) is 2.99. The lowest BCUT2D eigenvalue weighted by Crippen LogP contribution is -2.30. The standard InChI is InChI=1S/C15H8Cl2N4O3S/c16-10-5-12(17)14-19-13(8-21(14)7-10)15(22)20-25(23,24)11-3-1-2-9(4-11)6-18/h1-5,7-8H,(H,20,22). The molecule has 1 aromatic carbocycles. The molecule has 0 aliphatic rings. The monoisotopic (exact) mass is 394 g/mol. The number of pyridine rings is 1. The molecule has 0 saturated heterocycles. The topological polar surface area (TPSA) is 104 Å². The van der Waals surface area contributed by atoms with Crippen LogP contribution >= 0.6 is 23.2 Å². The zero-order valence-electron chi connectivity index (χ0n) is 12.3. The summed E-state index contributed by atoms with van der Waals surface area (Å²) in [5.74, 6) is -0.932. The van der Waals surface area contributed by atoms with Crippen LogP contribution in [-0.4, -0.2) is 23.7 Å². The van der Waals surface area contributed by atoms with Gasteiger partial charge in [0.15, 0.2) is 5.65 Å². The highest BCUT2D eigenvalue weighted by atomic mass is 35.5. The number of fused-ring (bicyclic) bond motifs is 1. The highest BCUT2D eigenvalue weighted by Gasteiger charge is 2.21. The summed E-state index contributed by atoms with van der Waals surface area (Å²) in [5, 5.41) is 9.40. The van der Waals surface area contributed by atoms with E-state index in [0.29, 0.717) is 5.02 Å². The highest BCUT2D eigenvalue weighted by molar-refractivity contribution is 7.90. The molecule has 0 radical (unpaired) electrons. The average molecular weight is 395 g/mol. The highest BCUT2D eigenvalue weighted by Crippen LogP contribution is 2.22. The van der Waals surface area contributed by atoms with Gasteiger partial charge in [0, 0.05) is 12.4 Å². The lowest BCUT2D eigenvalue weighted by atomic mass is 10.2. The van der Waals surface area contributed by atoms with Crippen molar-refractivity contribution in [3.8, 4) is 6.07 Å². The molecule has 3 aromatic rings. The molecule has 10 heteroatoms. The van der Waals surface area contributed by atoms with Crippen molar-refractivity contribution >= 4 is 44.8 Å². The summed E-state index contributed by atoms with van der Waals surface area (Å²) in [4.78, 5) is 16.1. The van der Waals surface area contributed by atoms with E-state index in [1.54, 1.807) is 0 Å². The maximum atomic E-state index is 12.3. The number of imidazole rings is 1. The van der Waals surface area contributed by atoms with Gasteiger partial charge in [-0.3, -0.25) is 4.79 Å². The van der Waals surface area contributed by atoms with Gasteiger partial charge in [0.05, 0.1) is 26.6 Å². The fourth-order valence-corrected chi connectivity index (χ4v) is 3.63. The Bertz CT molecular complexity index is 1150. The number of carbonyl (C=O) groups is 1. The van der Waals surface area contributed by atoms with E-state index in [4.69, 9.17) is 28.5 Å². The Balaban J connectivity index is 1.94. The van der Waals surface area contributed by atoms with Crippen LogP contribution < -0.4 is 4.72 Å². The largest absolute Gasteiger partial charge is 0.304 e. The number of carbonyl (C=O) groups excluding carboxylic acids is 1. The van der Waals surface area contributed by atoms with Crippen molar-refractivity contribution in [1.82, 2.24) is 14.1 Å². The van der Waals surface area contributed by atoms with Gasteiger partial charge in [0.2, 0.25) is 0 Å². The molecule has 0 bridgehead atoms. The van der Waals surface area contributed by atoms with E-state index in [9.17, 15) is 13.2 Å². The zero-order chi connectivity index (χ0) is 18.2. The molecule has 2 heterocycles. The minimum absolute atomic E-state index is 0.149. The summed E-state index contributed by atoms with van der Waals surface area (Å²) in [6, 6.07) is 8.59. The second kappa shape index (κ2) is 6.37. The second-order valence-corrected chi connectivity index (χ2v) is 7.46. The molecule has 0 spiro atoms. The summed E-state index contributed by atoms with van der Waals surface area (Å²) in [6.45, 7) is 0. The van der Waals surface area contributed by atoms with Crippen LogP contribution in [-0.2, 0) is 10.0 Å². The number of nitrogens with zero attached hydrogens (tertiary/aromatic N) is 3. The number of nitriles is 1. The molecule has 0 fully saturated rings. The fraction of sp³-hybridized carbons (Fsp3) is 0. The molecule has 0 aliphatic heterocycles. The quantitative estimate of drug-likeness (QED) is 0.734. The second-order valence-electron chi connectivity index (χ2n) is 4.94. The van der Waals surface area contributed by atoms with Crippen LogP contribution in [0.15, 0.2) is 47.6 Å². The smallest absolute Gasteiger partial charge is 0.285 e. The van der Waals surface area contributed by atoms with Crippen LogP contribution in [0, 0.1) is 11.3 Å². The van der Waals surface area contributed by atoms with Crippen molar-refractivity contribution in [3.05, 3.63) is 64.0 Å². The number of nitrogens with one attached hydrogen (secondary N) is 1. The van der Waals surface area contributed by atoms with Gasteiger partial charge in [-0.05, 0) is 24.3 Å². The van der Waals surface area contributed by atoms with Gasteiger partial charge < -0.3 is 4.40 Å². The van der Waals surface area contributed by atoms with E-state index in [-0.39, 0.29) is 26.8 Å². The van der Waals surface area contributed by atoms with Gasteiger partial charge >= 0.3 is 0 Å². The molecular weight excluding hydrogens is 387 g/mol. The van der Waals surface area contributed by atoms with E-state index < -0.39 is 15.9 Å². The molecule has 25 heavy (non-hydrogen) atoms. The molecule has 1 amide bonds. The lowest BCUT2D eigenvalue weighted by molar-refractivity contribution is 0.0977. The first-order valence-electron chi connectivity index (χ1n) is 6.71. The summed E-state index contributed by atoms with van der Waals surface area (Å²) in [5.41, 5.74) is 0.272. The third-order valence-electron chi connectivity index (χ3n) is 3.21. The maximum Gasteiger partial charge on any atom is 0.285 e. The molecule has 126 valence electrons. The van der Waals surface area contributed by atoms with Crippen LogP contribution in [0.3, 0.4) is 0 Å². The van der Waals surface area contributed by atoms with E-state index in [0.717, 1.165) is 6.07 Å². The first-order chi connectivity index (χ1) is 11.8. The number of benzene rings is 1. The van der Waals surface area contributed by atoms with Crippen LogP contribution in [0.1, 0.15) is 16.1 Å². The first-order valence-corrected chi connectivity index (χ1v) is 8.95. The van der Waals surface area contributed by atoms with Gasteiger partial charge in [0.1, 0.15) is 5.69 Å². The summed E-state index contributed by atoms with van der Waals surface area (Å²) in [6.07, 6.45) is 2.79. The minimum Gasteiger partial charge on any atom is -0.304 e. The van der Waals surface area contributed by atoms with Gasteiger partial charge in [-0.15, -0.1) is 0 Å². The minimum atomic E-state index is -4.15. The summed E-state index contributed by atoms with van der Waals surface area (Å²) in [7, 11) is -4.15. The van der Waals surface area contributed by atoms with Crippen LogP contribution in [0.4, 0.5) is 0 Å². The predicted octanol–water partition coefficient (Wildman–Crippen LogP) is 2.63. The third-order valence-corrected chi connectivity index (χ3v) is 5.02. The Hall–Kier alpha value is -2.60. The molecule has 2 aromatic heterocycles. The number of aromatic nitrogens is 2. The van der Waals surface area contributed by atoms with Gasteiger partial charge in [-0.25, -0.2) is 18.1 Å². The van der Waals surface area contributed by atoms with Crippen LogP contribution in [0.2, 0.25) is 10.0 Å². The van der Waals surface area contributed by atoms with Gasteiger partial charge in [-0.2, -0.15) is 5.26 Å². The Morgan fingerprint density at radius 3 is 2.72 bits per heavy atom. The molecule has 0 atom stereocenters. The fourth-order valence-electron chi connectivity index (χ4n) is 2.10. The number of rotatable bonds is 3. The van der Waals surface area contributed by atoms with E-state index in [2.05, 4.69) is 4.98 Å². The van der Waals surface area contributed by atoms with Crippen LogP contribution in [0.25, 0.3) is 5.65 Å². The summed E-state index contributed by atoms with van der Waals surface area (Å²) < 4.78 is 27.9. The van der Waals surface area contributed by atoms with Crippen LogP contribution in [0.5, 0.6) is 0 Å². The Morgan fingerprint density at radius 1 is 1.24 bits per heavy atom. The van der Waals surface area contributed by atoms with Gasteiger partial charge in [-0.1, -0.05) is 29.3 Å². The van der Waals surface area contributed by atoms with E-state index in [1.165, 1.54) is 41.1 Å². The van der Waals surface area contributed by atoms with Crippen molar-refractivity contribution in [2.45, 2.75) is 4.90 Å². The first kappa shape index (κ1) is 17.2. The van der Waals surface area contributed by atoms with Crippen molar-refractivity contribution in [1.29, 1.82) is 5.26 Å². The van der Waals surface area contributed by atoms with Crippen molar-refractivity contribution in [2.75, 3.05) is 0 Å². The number of sulfonamides is 1. The Morgan fingerprint density at radius 2 is 2.00 bits per heavy atom. The molecule has 1 N–H and O–H groups in total. The summed E-state index contributed by atoms with van der Waals surface area (Å²) >= 11 is 11.9. The number of halogens is 2.